The molecule has 0 spiro atoms. The average Bonchev–Trinajstić information content (AvgIpc) is 2.09. The molecule has 0 saturated heterocycles. The molecule has 0 bridgehead atoms. The highest BCUT2D eigenvalue weighted by molar-refractivity contribution is 9.10. The summed E-state index contributed by atoms with van der Waals surface area (Å²) in [6.07, 6.45) is 4.13. The number of benzene rings is 1. The number of thiol groups is 1. The largest absolute Gasteiger partial charge is 0.148 e. The van der Waals surface area contributed by atoms with Crippen molar-refractivity contribution in [3.8, 4) is 0 Å². The van der Waals surface area contributed by atoms with E-state index in [9.17, 15) is 0 Å². The van der Waals surface area contributed by atoms with E-state index < -0.39 is 0 Å². The molecule has 0 heterocycles. The predicted molar refractivity (Wildman–Crippen MR) is 65.2 cm³/mol. The molecule has 13 heavy (non-hydrogen) atoms. The minimum absolute atomic E-state index is 0.935. The fourth-order valence-electron chi connectivity index (χ4n) is 1.12. The molecule has 0 atom stereocenters. The molecule has 2 heteroatoms. The van der Waals surface area contributed by atoms with E-state index in [4.69, 9.17) is 0 Å². The summed E-state index contributed by atoms with van der Waals surface area (Å²) < 4.78 is 1.12. The van der Waals surface area contributed by atoms with Gasteiger partial charge in [0.15, 0.2) is 0 Å². The first-order valence-electron chi connectivity index (χ1n) is 4.35. The van der Waals surface area contributed by atoms with E-state index in [0.717, 1.165) is 22.2 Å². The number of hydrogen-bond acceptors (Lipinski definition) is 1. The zero-order valence-electron chi connectivity index (χ0n) is 7.63. The van der Waals surface area contributed by atoms with Gasteiger partial charge >= 0.3 is 0 Å². The second-order valence-electron chi connectivity index (χ2n) is 2.91. The van der Waals surface area contributed by atoms with Crippen LogP contribution in [0.1, 0.15) is 18.9 Å². The van der Waals surface area contributed by atoms with E-state index >= 15 is 0 Å². The molecular weight excluding hydrogens is 244 g/mol. The van der Waals surface area contributed by atoms with Crippen LogP contribution in [-0.2, 0) is 6.42 Å². The van der Waals surface area contributed by atoms with Crippen LogP contribution in [0.15, 0.2) is 39.7 Å². The monoisotopic (exact) mass is 256 g/mol. The van der Waals surface area contributed by atoms with Crippen molar-refractivity contribution in [1.82, 2.24) is 0 Å². The van der Waals surface area contributed by atoms with E-state index in [2.05, 4.69) is 65.8 Å². The minimum Gasteiger partial charge on any atom is -0.148 e. The highest BCUT2D eigenvalue weighted by Crippen LogP contribution is 2.15. The second-order valence-corrected chi connectivity index (χ2v) is 4.40. The zero-order chi connectivity index (χ0) is 9.68. The summed E-state index contributed by atoms with van der Waals surface area (Å²) in [4.78, 5) is 1.14. The third-order valence-corrected chi connectivity index (χ3v) is 2.61. The Morgan fingerprint density at radius 1 is 1.38 bits per heavy atom. The molecular formula is C11H13BrS. The van der Waals surface area contributed by atoms with E-state index in [-0.39, 0.29) is 0 Å². The van der Waals surface area contributed by atoms with Crippen molar-refractivity contribution in [2.75, 3.05) is 0 Å². The van der Waals surface area contributed by atoms with Crippen molar-refractivity contribution >= 4 is 28.6 Å². The van der Waals surface area contributed by atoms with Gasteiger partial charge in [0, 0.05) is 10.9 Å². The van der Waals surface area contributed by atoms with Crippen molar-refractivity contribution in [3.63, 3.8) is 0 Å². The Hall–Kier alpha value is -0.210. The van der Waals surface area contributed by atoms with E-state index in [1.165, 1.54) is 5.56 Å². The van der Waals surface area contributed by atoms with Gasteiger partial charge in [-0.25, -0.2) is 0 Å². The summed E-state index contributed by atoms with van der Waals surface area (Å²) in [5.74, 6) is 0. The number of rotatable bonds is 3. The van der Waals surface area contributed by atoms with Gasteiger partial charge in [-0.05, 0) is 29.0 Å². The third-order valence-electron chi connectivity index (χ3n) is 1.74. The topological polar surface area (TPSA) is 0 Å². The van der Waals surface area contributed by atoms with Crippen LogP contribution in [-0.4, -0.2) is 0 Å². The molecule has 0 unspecified atom stereocenters. The molecule has 0 nitrogen and oxygen atoms in total. The van der Waals surface area contributed by atoms with Gasteiger partial charge in [0.05, 0.1) is 0 Å². The van der Waals surface area contributed by atoms with Gasteiger partial charge in [-0.1, -0.05) is 41.1 Å². The molecule has 0 N–H and O–H groups in total. The standard InChI is InChI=1S/C11H13BrS/c1-2-3-11(13)8-9-4-6-10(12)7-5-9/h3-7,13H,2,8H2,1H3/b11-3+. The molecule has 0 fully saturated rings. The van der Waals surface area contributed by atoms with Gasteiger partial charge in [-0.15, -0.1) is 12.6 Å². The zero-order valence-corrected chi connectivity index (χ0v) is 10.1. The lowest BCUT2D eigenvalue weighted by molar-refractivity contribution is 1.16. The molecule has 0 aliphatic rings. The smallest absolute Gasteiger partial charge is 0.0175 e. The van der Waals surface area contributed by atoms with E-state index in [1.54, 1.807) is 0 Å². The summed E-state index contributed by atoms with van der Waals surface area (Å²) in [5.41, 5.74) is 1.30. The maximum absolute atomic E-state index is 4.40. The van der Waals surface area contributed by atoms with Gasteiger partial charge in [-0.3, -0.25) is 0 Å². The van der Waals surface area contributed by atoms with Gasteiger partial charge in [0.25, 0.3) is 0 Å². The van der Waals surface area contributed by atoms with Crippen molar-refractivity contribution in [2.45, 2.75) is 19.8 Å². The molecule has 70 valence electrons. The van der Waals surface area contributed by atoms with Gasteiger partial charge in [-0.2, -0.15) is 0 Å². The highest BCUT2D eigenvalue weighted by Gasteiger charge is 1.94. The first-order chi connectivity index (χ1) is 6.22. The van der Waals surface area contributed by atoms with Gasteiger partial charge in [0.1, 0.15) is 0 Å². The fraction of sp³-hybridized carbons (Fsp3) is 0.273. The van der Waals surface area contributed by atoms with Crippen LogP contribution in [0, 0.1) is 0 Å². The van der Waals surface area contributed by atoms with E-state index in [0.29, 0.717) is 0 Å². The first-order valence-corrected chi connectivity index (χ1v) is 5.59. The molecule has 0 radical (unpaired) electrons. The Kier molecular flexibility index (Phi) is 4.60. The number of allylic oxidation sites excluding steroid dienone is 2. The Morgan fingerprint density at radius 3 is 2.54 bits per heavy atom. The molecule has 0 aliphatic carbocycles. The van der Waals surface area contributed by atoms with Crippen LogP contribution in [0.25, 0.3) is 0 Å². The SMILES string of the molecule is CC/C=C(/S)Cc1ccc(Br)cc1. The Bertz CT molecular complexity index is 287. The molecule has 0 aliphatic heterocycles. The number of hydrogen-bond donors (Lipinski definition) is 1. The summed E-state index contributed by atoms with van der Waals surface area (Å²) >= 11 is 7.81. The lowest BCUT2D eigenvalue weighted by Gasteiger charge is -2.00. The van der Waals surface area contributed by atoms with Crippen LogP contribution in [0.2, 0.25) is 0 Å². The Labute approximate surface area is 93.6 Å². The molecule has 1 rings (SSSR count). The molecule has 0 aromatic heterocycles. The van der Waals surface area contributed by atoms with Crippen LogP contribution in [0.3, 0.4) is 0 Å². The normalized spacial score (nSPS) is 11.8. The lowest BCUT2D eigenvalue weighted by atomic mass is 10.1. The van der Waals surface area contributed by atoms with Crippen LogP contribution in [0.4, 0.5) is 0 Å². The van der Waals surface area contributed by atoms with Gasteiger partial charge in [0.2, 0.25) is 0 Å². The maximum atomic E-state index is 4.40. The predicted octanol–water partition coefficient (Wildman–Crippen LogP) is 4.22. The maximum Gasteiger partial charge on any atom is 0.0175 e. The quantitative estimate of drug-likeness (QED) is 0.770. The number of halogens is 1. The summed E-state index contributed by atoms with van der Waals surface area (Å²) in [7, 11) is 0. The third kappa shape index (κ3) is 4.01. The minimum atomic E-state index is 0.935. The molecule has 1 aromatic carbocycles. The summed E-state index contributed by atoms with van der Waals surface area (Å²) in [6.45, 7) is 2.12. The van der Waals surface area contributed by atoms with Crippen molar-refractivity contribution < 1.29 is 0 Å². The van der Waals surface area contributed by atoms with Crippen molar-refractivity contribution in [2.24, 2.45) is 0 Å². The average molecular weight is 257 g/mol. The molecule has 0 saturated carbocycles. The fourth-order valence-corrected chi connectivity index (χ4v) is 1.75. The van der Waals surface area contributed by atoms with Crippen LogP contribution >= 0.6 is 28.6 Å². The lowest BCUT2D eigenvalue weighted by Crippen LogP contribution is -1.84. The summed E-state index contributed by atoms with van der Waals surface area (Å²) in [6, 6.07) is 8.35. The van der Waals surface area contributed by atoms with Crippen molar-refractivity contribution in [3.05, 3.63) is 45.3 Å². The van der Waals surface area contributed by atoms with Crippen LogP contribution in [0.5, 0.6) is 0 Å². The second kappa shape index (κ2) is 5.51. The van der Waals surface area contributed by atoms with E-state index in [1.807, 2.05) is 0 Å². The van der Waals surface area contributed by atoms with Crippen LogP contribution < -0.4 is 0 Å². The molecule has 1 aromatic rings. The highest BCUT2D eigenvalue weighted by atomic mass is 79.9. The Morgan fingerprint density at radius 2 is 2.00 bits per heavy atom. The van der Waals surface area contributed by atoms with Crippen molar-refractivity contribution in [1.29, 1.82) is 0 Å². The molecule has 0 amide bonds. The van der Waals surface area contributed by atoms with Gasteiger partial charge < -0.3 is 0 Å². The summed E-state index contributed by atoms with van der Waals surface area (Å²) in [5, 5.41) is 0. The Balaban J connectivity index is 2.64. The first kappa shape index (κ1) is 10.9.